The molecule has 170 valence electrons. The van der Waals surface area contributed by atoms with Gasteiger partial charge in [0.05, 0.1) is 5.56 Å². The lowest BCUT2D eigenvalue weighted by Gasteiger charge is -2.14. The van der Waals surface area contributed by atoms with Crippen molar-refractivity contribution in [3.05, 3.63) is 65.1 Å². The third-order valence-electron chi connectivity index (χ3n) is 4.75. The van der Waals surface area contributed by atoms with Crippen molar-refractivity contribution < 1.29 is 32.6 Å². The van der Waals surface area contributed by atoms with Crippen LogP contribution in [0.3, 0.4) is 0 Å². The number of aliphatic hydroxyl groups excluding tert-OH is 2. The lowest BCUT2D eigenvalue weighted by molar-refractivity contribution is -0.206. The summed E-state index contributed by atoms with van der Waals surface area (Å²) < 4.78 is 52.5. The highest BCUT2D eigenvalue weighted by Crippen LogP contribution is 2.39. The highest BCUT2D eigenvalue weighted by Gasteiger charge is 2.39. The summed E-state index contributed by atoms with van der Waals surface area (Å²) >= 11 is 1.01. The number of carbonyl (C=O) groups is 1. The molecular weight excluding hydrogens is 450 g/mol. The van der Waals surface area contributed by atoms with E-state index >= 15 is 0 Å². The normalized spacial score (nSPS) is 13.6. The molecule has 1 amide bonds. The number of carbonyl (C=O) groups excluding carboxylic acids is 1. The topological polar surface area (TPSA) is 108 Å². The van der Waals surface area contributed by atoms with Crippen molar-refractivity contribution in [1.82, 2.24) is 4.98 Å². The number of pyridine rings is 1. The van der Waals surface area contributed by atoms with Crippen molar-refractivity contribution in [1.29, 1.82) is 0 Å². The number of nitrogens with zero attached hydrogens (tertiary/aromatic N) is 1. The van der Waals surface area contributed by atoms with Crippen LogP contribution in [0.15, 0.2) is 42.6 Å². The van der Waals surface area contributed by atoms with Crippen LogP contribution in [-0.4, -0.2) is 33.9 Å². The van der Waals surface area contributed by atoms with Gasteiger partial charge in [-0.15, -0.1) is 11.3 Å². The molecule has 6 nitrogen and oxygen atoms in total. The molecule has 2 aromatic heterocycles. The van der Waals surface area contributed by atoms with Crippen molar-refractivity contribution in [2.45, 2.75) is 25.1 Å². The van der Waals surface area contributed by atoms with Gasteiger partial charge in [-0.05, 0) is 23.8 Å². The van der Waals surface area contributed by atoms with E-state index in [0.29, 0.717) is 10.4 Å². The fourth-order valence-electron chi connectivity index (χ4n) is 2.89. The number of alkyl halides is 3. The van der Waals surface area contributed by atoms with Crippen molar-refractivity contribution in [2.24, 2.45) is 5.73 Å². The molecule has 0 saturated heterocycles. The maximum atomic E-state index is 14.7. The number of nitrogens with two attached hydrogens (primary N) is 1. The first-order valence-electron chi connectivity index (χ1n) is 9.33. The van der Waals surface area contributed by atoms with Crippen LogP contribution in [0.4, 0.5) is 28.4 Å². The van der Waals surface area contributed by atoms with Gasteiger partial charge in [0.1, 0.15) is 16.6 Å². The Labute approximate surface area is 184 Å². The van der Waals surface area contributed by atoms with Crippen molar-refractivity contribution in [2.75, 3.05) is 11.9 Å². The molecule has 0 spiro atoms. The smallest absolute Gasteiger partial charge is 0.396 e. The average Bonchev–Trinajstić information content (AvgIpc) is 3.16. The number of nitrogens with one attached hydrogen (secondary N) is 1. The van der Waals surface area contributed by atoms with E-state index in [4.69, 9.17) is 5.73 Å². The van der Waals surface area contributed by atoms with Crippen LogP contribution < -0.4 is 11.1 Å². The second-order valence-electron chi connectivity index (χ2n) is 7.09. The SMILES string of the molecule is CC(CO)c1ccc(-c2cc(C(N)=O)c(Nc3ccc(C(O)C(F)(F)F)cn3)s2)c(F)c1. The van der Waals surface area contributed by atoms with Crippen LogP contribution in [0, 0.1) is 5.82 Å². The first-order valence-corrected chi connectivity index (χ1v) is 10.1. The Morgan fingerprint density at radius 3 is 2.44 bits per heavy atom. The molecule has 0 radical (unpaired) electrons. The largest absolute Gasteiger partial charge is 0.418 e. The highest BCUT2D eigenvalue weighted by atomic mass is 32.1. The van der Waals surface area contributed by atoms with Crippen LogP contribution in [0.5, 0.6) is 0 Å². The molecule has 0 bridgehead atoms. The number of rotatable bonds is 7. The molecule has 0 aliphatic heterocycles. The fraction of sp³-hybridized carbons (Fsp3) is 0.238. The van der Waals surface area contributed by atoms with Gasteiger partial charge in [0, 0.05) is 34.7 Å². The summed E-state index contributed by atoms with van der Waals surface area (Å²) in [6.45, 7) is 1.61. The summed E-state index contributed by atoms with van der Waals surface area (Å²) in [5.41, 5.74) is 5.87. The van der Waals surface area contributed by atoms with Gasteiger partial charge in [-0.25, -0.2) is 9.37 Å². The zero-order valence-corrected chi connectivity index (χ0v) is 17.5. The lowest BCUT2D eigenvalue weighted by atomic mass is 9.99. The standard InChI is InChI=1S/C21H19F4N3O3S/c1-10(9-29)11-2-4-13(15(22)6-11)16-7-14(19(26)31)20(32-16)28-17-5-3-12(8-27-17)18(30)21(23,24)25/h2-8,10,18,29-30H,9H2,1H3,(H2,26,31)(H,27,28). The Bertz CT molecular complexity index is 1120. The van der Waals surface area contributed by atoms with Gasteiger partial charge in [-0.3, -0.25) is 4.79 Å². The Morgan fingerprint density at radius 2 is 1.91 bits per heavy atom. The fourth-order valence-corrected chi connectivity index (χ4v) is 3.99. The van der Waals surface area contributed by atoms with E-state index in [1.54, 1.807) is 13.0 Å². The van der Waals surface area contributed by atoms with Crippen molar-refractivity contribution in [3.63, 3.8) is 0 Å². The molecule has 11 heteroatoms. The highest BCUT2D eigenvalue weighted by molar-refractivity contribution is 7.19. The van der Waals surface area contributed by atoms with Crippen LogP contribution in [-0.2, 0) is 0 Å². The second kappa shape index (κ2) is 9.23. The Kier molecular flexibility index (Phi) is 6.82. The van der Waals surface area contributed by atoms with Gasteiger partial charge >= 0.3 is 6.18 Å². The van der Waals surface area contributed by atoms with Gasteiger partial charge in [0.25, 0.3) is 5.91 Å². The van der Waals surface area contributed by atoms with E-state index in [0.717, 1.165) is 23.6 Å². The number of anilines is 2. The number of hydrogen-bond donors (Lipinski definition) is 4. The summed E-state index contributed by atoms with van der Waals surface area (Å²) in [4.78, 5) is 16.1. The molecule has 0 saturated carbocycles. The predicted octanol–water partition coefficient (Wildman–Crippen LogP) is 4.48. The zero-order valence-electron chi connectivity index (χ0n) is 16.7. The minimum Gasteiger partial charge on any atom is -0.396 e. The molecule has 32 heavy (non-hydrogen) atoms. The summed E-state index contributed by atoms with van der Waals surface area (Å²) in [7, 11) is 0. The molecule has 2 atom stereocenters. The lowest BCUT2D eigenvalue weighted by Crippen LogP contribution is -2.20. The molecule has 0 aliphatic carbocycles. The minimum atomic E-state index is -4.83. The number of halogens is 4. The van der Waals surface area contributed by atoms with Crippen molar-refractivity contribution >= 4 is 28.1 Å². The Balaban J connectivity index is 1.90. The average molecular weight is 469 g/mol. The Morgan fingerprint density at radius 1 is 1.22 bits per heavy atom. The number of benzene rings is 1. The third kappa shape index (κ3) is 5.06. The van der Waals surface area contributed by atoms with Gasteiger partial charge in [-0.1, -0.05) is 25.1 Å². The molecular formula is C21H19F4N3O3S. The van der Waals surface area contributed by atoms with E-state index in [1.165, 1.54) is 24.3 Å². The first kappa shape index (κ1) is 23.6. The van der Waals surface area contributed by atoms with Crippen molar-refractivity contribution in [3.8, 4) is 10.4 Å². The number of thiophene rings is 1. The quantitative estimate of drug-likeness (QED) is 0.382. The minimum absolute atomic E-state index is 0.0541. The summed E-state index contributed by atoms with van der Waals surface area (Å²) in [6.07, 6.45) is -6.63. The van der Waals surface area contributed by atoms with E-state index < -0.39 is 29.6 Å². The molecule has 0 aliphatic rings. The monoisotopic (exact) mass is 469 g/mol. The molecule has 3 rings (SSSR count). The summed E-state index contributed by atoms with van der Waals surface area (Å²) in [6, 6.07) is 8.17. The number of primary amides is 1. The number of aromatic nitrogens is 1. The van der Waals surface area contributed by atoms with Crippen LogP contribution >= 0.6 is 11.3 Å². The maximum Gasteiger partial charge on any atom is 0.418 e. The maximum absolute atomic E-state index is 14.7. The number of hydrogen-bond acceptors (Lipinski definition) is 6. The van der Waals surface area contributed by atoms with Gasteiger partial charge < -0.3 is 21.3 Å². The van der Waals surface area contributed by atoms with E-state index in [9.17, 15) is 32.6 Å². The van der Waals surface area contributed by atoms with Gasteiger partial charge in [0.15, 0.2) is 6.10 Å². The second-order valence-corrected chi connectivity index (χ2v) is 8.14. The summed E-state index contributed by atoms with van der Waals surface area (Å²) in [5.74, 6) is -1.47. The Hall–Kier alpha value is -3.02. The molecule has 2 heterocycles. The van der Waals surface area contributed by atoms with Gasteiger partial charge in [0.2, 0.25) is 0 Å². The van der Waals surface area contributed by atoms with E-state index in [-0.39, 0.29) is 34.5 Å². The molecule has 1 aromatic carbocycles. The van der Waals surface area contributed by atoms with E-state index in [2.05, 4.69) is 10.3 Å². The first-order chi connectivity index (χ1) is 15.0. The predicted molar refractivity (Wildman–Crippen MR) is 112 cm³/mol. The zero-order chi connectivity index (χ0) is 23.6. The van der Waals surface area contributed by atoms with E-state index in [1.807, 2.05) is 0 Å². The van der Waals surface area contributed by atoms with Crippen LogP contribution in [0.25, 0.3) is 10.4 Å². The number of amides is 1. The molecule has 2 unspecified atom stereocenters. The third-order valence-corrected chi connectivity index (χ3v) is 5.84. The number of aliphatic hydroxyl groups is 2. The van der Waals surface area contributed by atoms with Crippen LogP contribution in [0.1, 0.15) is 40.4 Å². The van der Waals surface area contributed by atoms with Crippen LogP contribution in [0.2, 0.25) is 0 Å². The summed E-state index contributed by atoms with van der Waals surface area (Å²) in [5, 5.41) is 21.6. The molecule has 3 aromatic rings. The molecule has 5 N–H and O–H groups in total. The molecule has 0 fully saturated rings. The van der Waals surface area contributed by atoms with Gasteiger partial charge in [-0.2, -0.15) is 13.2 Å².